The minimum atomic E-state index is -0.510. The van der Waals surface area contributed by atoms with Crippen LogP contribution >= 0.6 is 0 Å². The fourth-order valence-corrected chi connectivity index (χ4v) is 3.54. The van der Waals surface area contributed by atoms with Gasteiger partial charge in [-0.1, -0.05) is 0 Å². The first-order valence-corrected chi connectivity index (χ1v) is 8.82. The smallest absolute Gasteiger partial charge is 0.227 e. The number of aliphatic imine (C=N–C) groups is 1. The predicted octanol–water partition coefficient (Wildman–Crippen LogP) is 0.326. The Morgan fingerprint density at radius 2 is 2.17 bits per heavy atom. The van der Waals surface area contributed by atoms with Crippen molar-refractivity contribution in [2.45, 2.75) is 40.0 Å². The Balaban J connectivity index is 1.96. The number of hydrogen-bond acceptors (Lipinski definition) is 3. The van der Waals surface area contributed by atoms with Crippen LogP contribution < -0.4 is 16.0 Å². The van der Waals surface area contributed by atoms with Crippen molar-refractivity contribution in [3.05, 3.63) is 0 Å². The molecule has 1 atom stereocenters. The monoisotopic (exact) mass is 337 g/mol. The summed E-state index contributed by atoms with van der Waals surface area (Å²) in [6.45, 7) is 9.43. The first-order chi connectivity index (χ1) is 11.3. The lowest BCUT2D eigenvalue weighted by atomic mass is 9.79. The highest BCUT2D eigenvalue weighted by Gasteiger charge is 2.42. The third kappa shape index (κ3) is 4.19. The van der Waals surface area contributed by atoms with Crippen molar-refractivity contribution in [2.75, 3.05) is 39.8 Å². The Bertz CT molecular complexity index is 517. The number of piperidine rings is 1. The lowest BCUT2D eigenvalue weighted by molar-refractivity contribution is -0.129. The number of guanidine groups is 1. The summed E-state index contributed by atoms with van der Waals surface area (Å²) in [7, 11) is 1.76. The van der Waals surface area contributed by atoms with Gasteiger partial charge in [0.25, 0.3) is 0 Å². The molecule has 2 aliphatic rings. The zero-order valence-corrected chi connectivity index (χ0v) is 15.4. The van der Waals surface area contributed by atoms with Crippen molar-refractivity contribution >= 4 is 17.8 Å². The normalized spacial score (nSPS) is 24.9. The first kappa shape index (κ1) is 18.5. The number of carbonyl (C=O) groups excluding carboxylic acids is 2. The van der Waals surface area contributed by atoms with Crippen LogP contribution in [-0.4, -0.2) is 62.4 Å². The summed E-state index contributed by atoms with van der Waals surface area (Å²) in [6.07, 6.45) is 2.73. The molecule has 0 saturated carbocycles. The van der Waals surface area contributed by atoms with Gasteiger partial charge in [-0.25, -0.2) is 0 Å². The molecule has 136 valence electrons. The number of nitrogens with one attached hydrogen (secondary N) is 3. The Kier molecular flexibility index (Phi) is 5.72. The van der Waals surface area contributed by atoms with Crippen molar-refractivity contribution in [3.8, 4) is 0 Å². The second kappa shape index (κ2) is 7.40. The molecular weight excluding hydrogens is 306 g/mol. The van der Waals surface area contributed by atoms with Crippen LogP contribution in [0.3, 0.4) is 0 Å². The third-order valence-corrected chi connectivity index (χ3v) is 5.01. The summed E-state index contributed by atoms with van der Waals surface area (Å²) in [4.78, 5) is 30.4. The molecule has 2 aliphatic heterocycles. The topological polar surface area (TPSA) is 85.8 Å². The van der Waals surface area contributed by atoms with E-state index in [0.29, 0.717) is 19.5 Å². The van der Waals surface area contributed by atoms with Crippen LogP contribution in [0.1, 0.15) is 40.0 Å². The zero-order chi connectivity index (χ0) is 17.8. The predicted molar refractivity (Wildman–Crippen MR) is 94.7 cm³/mol. The molecule has 3 N–H and O–H groups in total. The second-order valence-electron chi connectivity index (χ2n) is 7.62. The van der Waals surface area contributed by atoms with Crippen molar-refractivity contribution in [1.82, 2.24) is 20.9 Å². The molecule has 7 nitrogen and oxygen atoms in total. The van der Waals surface area contributed by atoms with Gasteiger partial charge in [-0.05, 0) is 33.6 Å². The summed E-state index contributed by atoms with van der Waals surface area (Å²) < 4.78 is 0. The molecule has 0 radical (unpaired) electrons. The highest BCUT2D eigenvalue weighted by molar-refractivity contribution is 5.84. The molecule has 2 saturated heterocycles. The molecule has 24 heavy (non-hydrogen) atoms. The second-order valence-corrected chi connectivity index (χ2v) is 7.62. The van der Waals surface area contributed by atoms with E-state index in [1.165, 1.54) is 0 Å². The summed E-state index contributed by atoms with van der Waals surface area (Å²) in [5, 5.41) is 9.18. The number of rotatable bonds is 4. The van der Waals surface area contributed by atoms with Crippen LogP contribution in [0.2, 0.25) is 0 Å². The van der Waals surface area contributed by atoms with Gasteiger partial charge >= 0.3 is 0 Å². The Morgan fingerprint density at radius 1 is 1.42 bits per heavy atom. The van der Waals surface area contributed by atoms with Crippen LogP contribution in [0.4, 0.5) is 0 Å². The van der Waals surface area contributed by atoms with E-state index in [9.17, 15) is 9.59 Å². The summed E-state index contributed by atoms with van der Waals surface area (Å²) in [5.74, 6) is 0.997. The lowest BCUT2D eigenvalue weighted by Gasteiger charge is -2.41. The van der Waals surface area contributed by atoms with Crippen LogP contribution in [0.5, 0.6) is 0 Å². The molecule has 0 aromatic rings. The van der Waals surface area contributed by atoms with Gasteiger partial charge in [0.2, 0.25) is 11.8 Å². The molecule has 0 bridgehead atoms. The van der Waals surface area contributed by atoms with Gasteiger partial charge in [-0.15, -0.1) is 0 Å². The molecule has 0 aliphatic carbocycles. The maximum absolute atomic E-state index is 12.1. The van der Waals surface area contributed by atoms with Crippen LogP contribution in [0.25, 0.3) is 0 Å². The van der Waals surface area contributed by atoms with E-state index in [2.05, 4.69) is 25.8 Å². The Hall–Kier alpha value is -1.79. The fraction of sp³-hybridized carbons (Fsp3) is 0.824. The van der Waals surface area contributed by atoms with Gasteiger partial charge < -0.3 is 20.9 Å². The molecule has 1 spiro atoms. The molecule has 2 heterocycles. The highest BCUT2D eigenvalue weighted by atomic mass is 16.2. The van der Waals surface area contributed by atoms with E-state index in [0.717, 1.165) is 38.4 Å². The quantitative estimate of drug-likeness (QED) is 0.510. The van der Waals surface area contributed by atoms with Gasteiger partial charge in [0.1, 0.15) is 0 Å². The highest BCUT2D eigenvalue weighted by Crippen LogP contribution is 2.36. The van der Waals surface area contributed by atoms with E-state index in [1.54, 1.807) is 7.05 Å². The number of hydrogen-bond donors (Lipinski definition) is 3. The molecular formula is C17H31N5O2. The van der Waals surface area contributed by atoms with Gasteiger partial charge in [-0.2, -0.15) is 0 Å². The Labute approximate surface area is 144 Å². The summed E-state index contributed by atoms with van der Waals surface area (Å²) in [6, 6.07) is 0. The van der Waals surface area contributed by atoms with Gasteiger partial charge in [0.05, 0.1) is 5.41 Å². The molecule has 7 heteroatoms. The number of amides is 2. The largest absolute Gasteiger partial charge is 0.356 e. The molecule has 2 amide bonds. The molecule has 2 rings (SSSR count). The molecule has 1 unspecified atom stereocenters. The summed E-state index contributed by atoms with van der Waals surface area (Å²) >= 11 is 0. The first-order valence-electron chi connectivity index (χ1n) is 8.82. The molecule has 0 aromatic carbocycles. The van der Waals surface area contributed by atoms with E-state index in [-0.39, 0.29) is 17.2 Å². The maximum atomic E-state index is 12.1. The van der Waals surface area contributed by atoms with Gasteiger partial charge in [0.15, 0.2) is 5.96 Å². The molecule has 2 fully saturated rings. The minimum absolute atomic E-state index is 0.0298. The van der Waals surface area contributed by atoms with E-state index >= 15 is 0 Å². The van der Waals surface area contributed by atoms with E-state index < -0.39 is 5.41 Å². The number of likely N-dealkylation sites (tertiary alicyclic amines) is 1. The van der Waals surface area contributed by atoms with Crippen molar-refractivity contribution in [3.63, 3.8) is 0 Å². The number of carbonyl (C=O) groups is 2. The van der Waals surface area contributed by atoms with Crippen molar-refractivity contribution in [1.29, 1.82) is 0 Å². The summed E-state index contributed by atoms with van der Waals surface area (Å²) in [5.41, 5.74) is -0.480. The lowest BCUT2D eigenvalue weighted by Crippen LogP contribution is -2.53. The average molecular weight is 337 g/mol. The minimum Gasteiger partial charge on any atom is -0.356 e. The Morgan fingerprint density at radius 3 is 2.75 bits per heavy atom. The van der Waals surface area contributed by atoms with Crippen molar-refractivity contribution in [2.24, 2.45) is 15.8 Å². The van der Waals surface area contributed by atoms with E-state index in [1.807, 2.05) is 20.8 Å². The van der Waals surface area contributed by atoms with Crippen molar-refractivity contribution < 1.29 is 9.59 Å². The maximum Gasteiger partial charge on any atom is 0.227 e. The fourth-order valence-electron chi connectivity index (χ4n) is 3.54. The SMILES string of the molecule is CCNC(=O)C(C)(C)CNC(=NC)N1CCCC2(CNC(=O)C2)C1. The third-order valence-electron chi connectivity index (χ3n) is 5.01. The van der Waals surface area contributed by atoms with E-state index in [4.69, 9.17) is 0 Å². The number of nitrogens with zero attached hydrogens (tertiary/aromatic N) is 2. The van der Waals surface area contributed by atoms with Crippen LogP contribution in [-0.2, 0) is 9.59 Å². The van der Waals surface area contributed by atoms with Gasteiger partial charge in [0, 0.05) is 51.6 Å². The zero-order valence-electron chi connectivity index (χ0n) is 15.4. The van der Waals surface area contributed by atoms with Gasteiger partial charge in [-0.3, -0.25) is 14.6 Å². The standard InChI is InChI=1S/C17H31N5O2/c1-5-19-14(24)16(2,3)10-21-15(18-4)22-8-6-7-17(12-22)9-13(23)20-11-17/h5-12H2,1-4H3,(H,18,21)(H,19,24)(H,20,23). The molecule has 0 aromatic heterocycles. The average Bonchev–Trinajstić information content (AvgIpc) is 2.88. The van der Waals surface area contributed by atoms with Crippen LogP contribution in [0, 0.1) is 10.8 Å². The van der Waals surface area contributed by atoms with Crippen LogP contribution in [0.15, 0.2) is 4.99 Å².